The first kappa shape index (κ1) is 22.2. The van der Waals surface area contributed by atoms with Crippen LogP contribution in [0.2, 0.25) is 0 Å². The lowest BCUT2D eigenvalue weighted by atomic mass is 9.97. The zero-order valence-electron chi connectivity index (χ0n) is 19.1. The first-order valence-electron chi connectivity index (χ1n) is 11.3. The van der Waals surface area contributed by atoms with Crippen LogP contribution in [0, 0.1) is 0 Å². The molecule has 2 aromatic rings. The minimum atomic E-state index is -0.0362. The Morgan fingerprint density at radius 1 is 1.19 bits per heavy atom. The van der Waals surface area contributed by atoms with E-state index < -0.39 is 0 Å². The van der Waals surface area contributed by atoms with Gasteiger partial charge in [0.25, 0.3) is 5.91 Å². The number of ether oxygens (including phenoxy) is 3. The maximum atomic E-state index is 13.6. The molecule has 0 spiro atoms. The smallest absolute Gasteiger partial charge is 0.254 e. The van der Waals surface area contributed by atoms with Gasteiger partial charge in [-0.3, -0.25) is 4.79 Å². The summed E-state index contributed by atoms with van der Waals surface area (Å²) in [6.07, 6.45) is 5.01. The van der Waals surface area contributed by atoms with Gasteiger partial charge < -0.3 is 24.4 Å². The summed E-state index contributed by atoms with van der Waals surface area (Å²) >= 11 is 0. The highest BCUT2D eigenvalue weighted by molar-refractivity contribution is 5.96. The number of rotatable bonds is 5. The second-order valence-electron chi connectivity index (χ2n) is 8.49. The van der Waals surface area contributed by atoms with Crippen molar-refractivity contribution in [3.8, 4) is 17.2 Å². The van der Waals surface area contributed by atoms with Crippen LogP contribution in [0.15, 0.2) is 48.0 Å². The van der Waals surface area contributed by atoms with Gasteiger partial charge in [-0.05, 0) is 50.4 Å². The summed E-state index contributed by atoms with van der Waals surface area (Å²) in [7, 11) is 3.18. The van der Waals surface area contributed by atoms with Gasteiger partial charge in [0.1, 0.15) is 6.10 Å². The minimum absolute atomic E-state index is 0.0219. The number of nitrogens with one attached hydrogen (secondary N) is 1. The molecule has 2 aliphatic rings. The van der Waals surface area contributed by atoms with Crippen molar-refractivity contribution in [1.29, 1.82) is 0 Å². The van der Waals surface area contributed by atoms with E-state index in [0.717, 1.165) is 36.9 Å². The molecule has 2 atom stereocenters. The van der Waals surface area contributed by atoms with E-state index in [9.17, 15) is 4.79 Å². The Morgan fingerprint density at radius 2 is 2.00 bits per heavy atom. The van der Waals surface area contributed by atoms with Crippen molar-refractivity contribution in [3.63, 3.8) is 0 Å². The molecule has 2 unspecified atom stereocenters. The van der Waals surface area contributed by atoms with Crippen molar-refractivity contribution in [2.75, 3.05) is 33.9 Å². The number of benzene rings is 2. The normalized spacial score (nSPS) is 21.4. The van der Waals surface area contributed by atoms with Gasteiger partial charge in [0.05, 0.1) is 14.2 Å². The SMILES string of the molecule is COc1cc2cc(c1OC)OC1CCCNC1CCN(C/C(C)=C/c1ccccc1)C2=O. The van der Waals surface area contributed by atoms with E-state index in [-0.39, 0.29) is 18.1 Å². The Hall–Kier alpha value is -2.99. The first-order chi connectivity index (χ1) is 15.6. The highest BCUT2D eigenvalue weighted by Gasteiger charge is 2.31. The van der Waals surface area contributed by atoms with Crippen molar-refractivity contribution in [2.45, 2.75) is 38.3 Å². The predicted molar refractivity (Wildman–Crippen MR) is 126 cm³/mol. The lowest BCUT2D eigenvalue weighted by Gasteiger charge is -2.36. The summed E-state index contributed by atoms with van der Waals surface area (Å²) in [5.74, 6) is 1.56. The molecule has 2 bridgehead atoms. The second-order valence-corrected chi connectivity index (χ2v) is 8.49. The summed E-state index contributed by atoms with van der Waals surface area (Å²) in [4.78, 5) is 15.5. The third kappa shape index (κ3) is 4.91. The van der Waals surface area contributed by atoms with E-state index in [1.54, 1.807) is 26.4 Å². The highest BCUT2D eigenvalue weighted by Crippen LogP contribution is 2.40. The molecular weight excluding hydrogens is 404 g/mol. The Balaban J connectivity index is 1.69. The van der Waals surface area contributed by atoms with Crippen LogP contribution in [-0.2, 0) is 0 Å². The van der Waals surface area contributed by atoms with E-state index >= 15 is 0 Å². The summed E-state index contributed by atoms with van der Waals surface area (Å²) in [6.45, 7) is 4.26. The van der Waals surface area contributed by atoms with E-state index in [2.05, 4.69) is 30.4 Å². The molecule has 0 aromatic heterocycles. The number of fused-ring (bicyclic) bond motifs is 3. The van der Waals surface area contributed by atoms with E-state index in [1.807, 2.05) is 23.1 Å². The topological polar surface area (TPSA) is 60.0 Å². The van der Waals surface area contributed by atoms with Crippen molar-refractivity contribution in [1.82, 2.24) is 10.2 Å². The monoisotopic (exact) mass is 436 g/mol. The maximum absolute atomic E-state index is 13.6. The number of methoxy groups -OCH3 is 2. The number of hydrogen-bond donors (Lipinski definition) is 1. The fraction of sp³-hybridized carbons (Fsp3) is 0.423. The van der Waals surface area contributed by atoms with Gasteiger partial charge in [0.15, 0.2) is 11.5 Å². The Labute approximate surface area is 190 Å². The molecule has 4 rings (SSSR count). The fourth-order valence-corrected chi connectivity index (χ4v) is 4.57. The van der Waals surface area contributed by atoms with Gasteiger partial charge in [-0.25, -0.2) is 0 Å². The summed E-state index contributed by atoms with van der Waals surface area (Å²) in [5.41, 5.74) is 2.81. The van der Waals surface area contributed by atoms with Crippen molar-refractivity contribution >= 4 is 12.0 Å². The predicted octanol–water partition coefficient (Wildman–Crippen LogP) is 4.15. The van der Waals surface area contributed by atoms with Crippen LogP contribution in [0.25, 0.3) is 6.08 Å². The van der Waals surface area contributed by atoms with Crippen LogP contribution in [0.3, 0.4) is 0 Å². The van der Waals surface area contributed by atoms with Gasteiger partial charge >= 0.3 is 0 Å². The summed E-state index contributed by atoms with van der Waals surface area (Å²) in [6, 6.07) is 13.9. The van der Waals surface area contributed by atoms with Gasteiger partial charge in [0.2, 0.25) is 5.75 Å². The molecule has 1 saturated heterocycles. The van der Waals surface area contributed by atoms with Gasteiger partial charge in [-0.2, -0.15) is 0 Å². The molecule has 1 fully saturated rings. The van der Waals surface area contributed by atoms with Crippen LogP contribution in [0.1, 0.15) is 42.1 Å². The first-order valence-corrected chi connectivity index (χ1v) is 11.3. The molecule has 2 heterocycles. The Morgan fingerprint density at radius 3 is 2.75 bits per heavy atom. The molecule has 170 valence electrons. The van der Waals surface area contributed by atoms with E-state index in [4.69, 9.17) is 14.2 Å². The number of nitrogens with zero attached hydrogens (tertiary/aromatic N) is 1. The van der Waals surface area contributed by atoms with Crippen LogP contribution in [-0.4, -0.2) is 56.8 Å². The molecule has 0 aliphatic carbocycles. The molecule has 1 amide bonds. The Bertz CT molecular complexity index is 973. The minimum Gasteiger partial charge on any atom is -0.493 e. The zero-order chi connectivity index (χ0) is 22.5. The van der Waals surface area contributed by atoms with Crippen molar-refractivity contribution in [2.24, 2.45) is 0 Å². The molecule has 6 nitrogen and oxygen atoms in total. The van der Waals surface area contributed by atoms with Gasteiger partial charge in [-0.15, -0.1) is 0 Å². The van der Waals surface area contributed by atoms with Gasteiger partial charge in [0, 0.05) is 24.7 Å². The molecule has 0 saturated carbocycles. The molecule has 2 aliphatic heterocycles. The Kier molecular flexibility index (Phi) is 7.00. The molecule has 32 heavy (non-hydrogen) atoms. The van der Waals surface area contributed by atoms with E-state index in [0.29, 0.717) is 35.9 Å². The number of carbonyl (C=O) groups excluding carboxylic acids is 1. The largest absolute Gasteiger partial charge is 0.493 e. The number of carbonyl (C=O) groups is 1. The molecular formula is C26H32N2O4. The maximum Gasteiger partial charge on any atom is 0.254 e. The van der Waals surface area contributed by atoms with Crippen LogP contribution >= 0.6 is 0 Å². The fourth-order valence-electron chi connectivity index (χ4n) is 4.57. The van der Waals surface area contributed by atoms with Crippen LogP contribution in [0.4, 0.5) is 0 Å². The van der Waals surface area contributed by atoms with E-state index in [1.165, 1.54) is 0 Å². The lowest BCUT2D eigenvalue weighted by Crippen LogP contribution is -2.50. The lowest BCUT2D eigenvalue weighted by molar-refractivity contribution is 0.0704. The number of amides is 1. The average molecular weight is 437 g/mol. The molecule has 1 N–H and O–H groups in total. The summed E-state index contributed by atoms with van der Waals surface area (Å²) < 4.78 is 17.5. The van der Waals surface area contributed by atoms with Gasteiger partial charge in [-0.1, -0.05) is 42.0 Å². The van der Waals surface area contributed by atoms with Crippen molar-refractivity contribution in [3.05, 3.63) is 59.2 Å². The standard InChI is InChI=1S/C26H32N2O4/c1-18(14-19-8-5-4-6-9-19)17-28-13-11-21-22(10-7-12-27-21)32-24-16-20(26(28)29)15-23(30-2)25(24)31-3/h4-6,8-9,14-16,21-22,27H,7,10-13,17H2,1-3H3/b18-14+. The summed E-state index contributed by atoms with van der Waals surface area (Å²) in [5, 5.41) is 3.59. The molecule has 0 radical (unpaired) electrons. The number of hydrogen-bond acceptors (Lipinski definition) is 5. The zero-order valence-corrected chi connectivity index (χ0v) is 19.1. The van der Waals surface area contributed by atoms with Crippen LogP contribution in [0.5, 0.6) is 17.2 Å². The third-order valence-corrected chi connectivity index (χ3v) is 6.14. The molecule has 2 aromatic carbocycles. The second kappa shape index (κ2) is 10.1. The van der Waals surface area contributed by atoms with Crippen molar-refractivity contribution < 1.29 is 19.0 Å². The quantitative estimate of drug-likeness (QED) is 0.763. The van der Waals surface area contributed by atoms with Crippen LogP contribution < -0.4 is 19.5 Å². The molecule has 6 heteroatoms. The number of piperidine rings is 1. The third-order valence-electron chi connectivity index (χ3n) is 6.14. The highest BCUT2D eigenvalue weighted by atomic mass is 16.5. The average Bonchev–Trinajstić information content (AvgIpc) is 2.81.